The minimum Gasteiger partial charge on any atom is -0.454 e. The van der Waals surface area contributed by atoms with Gasteiger partial charge in [0, 0.05) is 10.8 Å². The molecule has 88 valence electrons. The summed E-state index contributed by atoms with van der Waals surface area (Å²) in [4.78, 5) is 11.8. The van der Waals surface area contributed by atoms with Crippen molar-refractivity contribution in [1.82, 2.24) is 0 Å². The van der Waals surface area contributed by atoms with Gasteiger partial charge in [-0.1, -0.05) is 48.5 Å². The average Bonchev–Trinajstić information content (AvgIpc) is 2.27. The lowest BCUT2D eigenvalue weighted by molar-refractivity contribution is 0.119. The van der Waals surface area contributed by atoms with Gasteiger partial charge in [0.25, 0.3) is 0 Å². The van der Waals surface area contributed by atoms with Crippen LogP contribution in [-0.4, -0.2) is 11.4 Å². The maximum Gasteiger partial charge on any atom is 0.364 e. The van der Waals surface area contributed by atoms with Crippen molar-refractivity contribution in [3.05, 3.63) is 29.8 Å². The normalized spacial score (nSPS) is 14.2. The highest BCUT2D eigenvalue weighted by Gasteiger charge is 2.19. The molecule has 0 aliphatic carbocycles. The summed E-state index contributed by atoms with van der Waals surface area (Å²) in [5.41, 5.74) is 1.13. The fourth-order valence-electron chi connectivity index (χ4n) is 1.45. The van der Waals surface area contributed by atoms with E-state index in [0.29, 0.717) is 0 Å². The van der Waals surface area contributed by atoms with Crippen molar-refractivity contribution in [2.45, 2.75) is 30.8 Å². The lowest BCUT2D eigenvalue weighted by atomic mass is 9.96. The Labute approximate surface area is 110 Å². The zero-order chi connectivity index (χ0) is 12.1. The van der Waals surface area contributed by atoms with Gasteiger partial charge in [-0.25, -0.2) is 4.79 Å². The first-order valence-corrected chi connectivity index (χ1v) is 7.17. The number of hydrogen-bond acceptors (Lipinski definition) is 4. The highest BCUT2D eigenvalue weighted by atomic mass is 33.1. The minimum atomic E-state index is -0.546. The quantitative estimate of drug-likeness (QED) is 0.490. The fraction of sp³-hybridized carbons (Fsp3) is 0.364. The molecule has 0 aromatic heterocycles. The zero-order valence-electron chi connectivity index (χ0n) is 9.08. The van der Waals surface area contributed by atoms with Crippen LogP contribution in [0.3, 0.4) is 0 Å². The van der Waals surface area contributed by atoms with Crippen LogP contribution in [0.2, 0.25) is 0 Å². The SMILES string of the molecule is CC(OC(=O)S)C(C)c1ccccc1SS. The first kappa shape index (κ1) is 13.8. The van der Waals surface area contributed by atoms with E-state index in [4.69, 9.17) is 4.74 Å². The molecule has 16 heavy (non-hydrogen) atoms. The molecule has 5 heteroatoms. The third-order valence-corrected chi connectivity index (χ3v) is 3.76. The Kier molecular flexibility index (Phi) is 5.58. The van der Waals surface area contributed by atoms with E-state index < -0.39 is 5.30 Å². The van der Waals surface area contributed by atoms with Gasteiger partial charge in [0.1, 0.15) is 6.10 Å². The van der Waals surface area contributed by atoms with Crippen LogP contribution in [0.15, 0.2) is 29.2 Å². The van der Waals surface area contributed by atoms with E-state index in [0.717, 1.165) is 10.5 Å². The first-order valence-electron chi connectivity index (χ1n) is 4.86. The van der Waals surface area contributed by atoms with E-state index in [2.05, 4.69) is 24.3 Å². The molecule has 1 aromatic rings. The molecule has 1 aromatic carbocycles. The van der Waals surface area contributed by atoms with Crippen LogP contribution in [0.4, 0.5) is 4.79 Å². The van der Waals surface area contributed by atoms with Crippen LogP contribution >= 0.6 is 35.1 Å². The Balaban J connectivity index is 2.86. The number of hydrogen-bond donors (Lipinski definition) is 2. The first-order chi connectivity index (χ1) is 7.56. The van der Waals surface area contributed by atoms with Crippen LogP contribution in [0, 0.1) is 0 Å². The molecule has 0 radical (unpaired) electrons. The highest BCUT2D eigenvalue weighted by Crippen LogP contribution is 2.32. The van der Waals surface area contributed by atoms with Crippen LogP contribution in [0.25, 0.3) is 0 Å². The van der Waals surface area contributed by atoms with Crippen LogP contribution in [-0.2, 0) is 4.74 Å². The molecule has 2 unspecified atom stereocenters. The monoisotopic (exact) mass is 274 g/mol. The zero-order valence-corrected chi connectivity index (χ0v) is 11.7. The number of thiol groups is 2. The smallest absolute Gasteiger partial charge is 0.364 e. The molecule has 0 spiro atoms. The molecular weight excluding hydrogens is 260 g/mol. The van der Waals surface area contributed by atoms with Gasteiger partial charge in [-0.05, 0) is 18.6 Å². The summed E-state index contributed by atoms with van der Waals surface area (Å²) >= 11 is 7.82. The van der Waals surface area contributed by atoms with Crippen molar-refractivity contribution in [1.29, 1.82) is 0 Å². The summed E-state index contributed by atoms with van der Waals surface area (Å²) in [6, 6.07) is 7.95. The molecule has 0 N–H and O–H groups in total. The standard InChI is InChI=1S/C11H14O2S3/c1-7(8(2)13-11(12)14)9-5-3-4-6-10(9)16-15/h3-8,15H,1-2H3,(H,12,14). The molecule has 0 amide bonds. The summed E-state index contributed by atoms with van der Waals surface area (Å²) in [7, 11) is 1.39. The number of carbonyl (C=O) groups excluding carboxylic acids is 1. The number of carbonyl (C=O) groups is 1. The van der Waals surface area contributed by atoms with Crippen molar-refractivity contribution < 1.29 is 9.53 Å². The van der Waals surface area contributed by atoms with Gasteiger partial charge in [-0.15, -0.1) is 11.7 Å². The largest absolute Gasteiger partial charge is 0.454 e. The molecule has 0 heterocycles. The minimum absolute atomic E-state index is 0.118. The lowest BCUT2D eigenvalue weighted by Gasteiger charge is -2.21. The van der Waals surface area contributed by atoms with Gasteiger partial charge in [-0.3, -0.25) is 0 Å². The average molecular weight is 274 g/mol. The van der Waals surface area contributed by atoms with Gasteiger partial charge in [0.05, 0.1) is 0 Å². The van der Waals surface area contributed by atoms with E-state index >= 15 is 0 Å². The summed E-state index contributed by atoms with van der Waals surface area (Å²) in [5, 5.41) is -0.546. The maximum absolute atomic E-state index is 10.8. The molecule has 0 saturated heterocycles. The lowest BCUT2D eigenvalue weighted by Crippen LogP contribution is -2.18. The molecule has 0 aliphatic rings. The molecule has 0 saturated carbocycles. The Bertz CT molecular complexity index is 368. The van der Waals surface area contributed by atoms with Crippen molar-refractivity contribution >= 4 is 40.4 Å². The second-order valence-electron chi connectivity index (χ2n) is 3.51. The molecule has 0 bridgehead atoms. The summed E-state index contributed by atoms with van der Waals surface area (Å²) in [6.07, 6.45) is -0.202. The van der Waals surface area contributed by atoms with Gasteiger partial charge in [0.2, 0.25) is 0 Å². The van der Waals surface area contributed by atoms with Crippen molar-refractivity contribution in [2.24, 2.45) is 0 Å². The Hall–Kier alpha value is -0.260. The van der Waals surface area contributed by atoms with Crippen LogP contribution in [0.5, 0.6) is 0 Å². The van der Waals surface area contributed by atoms with Crippen molar-refractivity contribution in [3.8, 4) is 0 Å². The molecular formula is C11H14O2S3. The number of benzene rings is 1. The second kappa shape index (κ2) is 6.47. The second-order valence-corrected chi connectivity index (χ2v) is 5.04. The highest BCUT2D eigenvalue weighted by molar-refractivity contribution is 8.68. The van der Waals surface area contributed by atoms with Crippen LogP contribution in [0.1, 0.15) is 25.3 Å². The third kappa shape index (κ3) is 3.64. The molecule has 0 aliphatic heterocycles. The molecule has 2 nitrogen and oxygen atoms in total. The van der Waals surface area contributed by atoms with Gasteiger partial charge in [-0.2, -0.15) is 0 Å². The Morgan fingerprint density at radius 3 is 2.56 bits per heavy atom. The van der Waals surface area contributed by atoms with Crippen LogP contribution < -0.4 is 0 Å². The fourth-order valence-corrected chi connectivity index (χ4v) is 2.62. The predicted molar refractivity (Wildman–Crippen MR) is 74.6 cm³/mol. The Morgan fingerprint density at radius 1 is 1.38 bits per heavy atom. The summed E-state index contributed by atoms with van der Waals surface area (Å²) in [6.45, 7) is 3.88. The van der Waals surface area contributed by atoms with E-state index in [9.17, 15) is 4.79 Å². The van der Waals surface area contributed by atoms with Gasteiger partial charge in [0.15, 0.2) is 0 Å². The van der Waals surface area contributed by atoms with Crippen molar-refractivity contribution in [3.63, 3.8) is 0 Å². The topological polar surface area (TPSA) is 26.3 Å². The number of rotatable bonds is 4. The Morgan fingerprint density at radius 2 is 2.00 bits per heavy atom. The van der Waals surface area contributed by atoms with Gasteiger partial charge < -0.3 is 4.74 Å². The van der Waals surface area contributed by atoms with Crippen molar-refractivity contribution in [2.75, 3.05) is 0 Å². The predicted octanol–water partition coefficient (Wildman–Crippen LogP) is 4.18. The molecule has 0 fully saturated rings. The van der Waals surface area contributed by atoms with E-state index in [1.54, 1.807) is 0 Å². The summed E-state index contributed by atoms with van der Waals surface area (Å²) in [5.74, 6) is 0.118. The maximum atomic E-state index is 10.8. The molecule has 1 rings (SSSR count). The van der Waals surface area contributed by atoms with Gasteiger partial charge >= 0.3 is 5.30 Å². The van der Waals surface area contributed by atoms with E-state index in [1.807, 2.05) is 38.1 Å². The van der Waals surface area contributed by atoms with E-state index in [1.165, 1.54) is 10.8 Å². The third-order valence-electron chi connectivity index (χ3n) is 2.50. The van der Waals surface area contributed by atoms with E-state index in [-0.39, 0.29) is 12.0 Å². The summed E-state index contributed by atoms with van der Waals surface area (Å²) < 4.78 is 5.06. The number of ether oxygens (including phenoxy) is 1. The molecule has 2 atom stereocenters.